The van der Waals surface area contributed by atoms with Crippen LogP contribution in [-0.2, 0) is 20.1 Å². The topological polar surface area (TPSA) is 51.8 Å². The molecule has 0 spiro atoms. The van der Waals surface area contributed by atoms with Gasteiger partial charge in [-0.25, -0.2) is 4.98 Å². The minimum absolute atomic E-state index is 0. The molecule has 7 aromatic rings. The Morgan fingerprint density at radius 1 is 0.791 bits per heavy atom. The maximum atomic E-state index is 6.25. The van der Waals surface area contributed by atoms with Crippen LogP contribution in [0.3, 0.4) is 0 Å². The SMILES string of the molecule is Cc1[c-]c(-c2nccc3cc(C4CCCC4)ccc23)c2oc3nc(C)ccc3c2c1.[Ir].[c-]1ccccc1-c1ccccn1. The molecular weight excluding hydrogens is 707 g/mol. The molecule has 0 unspecified atom stereocenters. The minimum atomic E-state index is 0. The van der Waals surface area contributed by atoms with Crippen molar-refractivity contribution >= 4 is 32.8 Å². The fraction of sp³-hybridized carbons (Fsp3) is 0.184. The molecule has 43 heavy (non-hydrogen) atoms. The number of hydrogen-bond donors (Lipinski definition) is 0. The number of hydrogen-bond acceptors (Lipinski definition) is 4. The van der Waals surface area contributed by atoms with E-state index in [1.165, 1.54) is 36.6 Å². The van der Waals surface area contributed by atoms with Gasteiger partial charge in [0.2, 0.25) is 5.71 Å². The summed E-state index contributed by atoms with van der Waals surface area (Å²) in [4.78, 5) is 13.6. The molecule has 8 rings (SSSR count). The standard InChI is InChI=1S/C27H23N2O.C11H8N.Ir/c1-16-13-23-22-9-7-17(2)29-27(22)30-26(23)24(14-16)25-21-10-8-19(18-5-3-4-6-18)15-20(21)11-12-28-25;1-2-6-10(7-3-1)11-8-4-5-9-12-11;/h7-13,15,18H,3-6H2,1-2H3;1-6,8-9H;/q2*-1;. The van der Waals surface area contributed by atoms with Gasteiger partial charge in [0, 0.05) is 43.6 Å². The maximum absolute atomic E-state index is 6.25. The molecule has 1 saturated carbocycles. The van der Waals surface area contributed by atoms with Gasteiger partial charge in [-0.05, 0) is 77.7 Å². The van der Waals surface area contributed by atoms with Gasteiger partial charge in [0.25, 0.3) is 0 Å². The van der Waals surface area contributed by atoms with Gasteiger partial charge in [-0.15, -0.1) is 53.6 Å². The third kappa shape index (κ3) is 5.88. The van der Waals surface area contributed by atoms with E-state index in [2.05, 4.69) is 65.4 Å². The van der Waals surface area contributed by atoms with E-state index >= 15 is 0 Å². The molecule has 0 N–H and O–H groups in total. The Morgan fingerprint density at radius 3 is 2.42 bits per heavy atom. The van der Waals surface area contributed by atoms with Crippen molar-refractivity contribution < 1.29 is 24.5 Å². The molecule has 0 atom stereocenters. The smallest absolute Gasteiger partial charge is 0.216 e. The monoisotopic (exact) mass is 738 g/mol. The molecule has 0 amide bonds. The summed E-state index contributed by atoms with van der Waals surface area (Å²) < 4.78 is 6.25. The summed E-state index contributed by atoms with van der Waals surface area (Å²) in [5.41, 5.74) is 8.82. The molecule has 4 aromatic heterocycles. The van der Waals surface area contributed by atoms with Crippen LogP contribution < -0.4 is 0 Å². The van der Waals surface area contributed by atoms with Crippen LogP contribution in [0.15, 0.2) is 102 Å². The molecule has 1 fully saturated rings. The number of nitrogens with zero attached hydrogens (tertiary/aromatic N) is 3. The molecule has 0 saturated heterocycles. The first kappa shape index (κ1) is 28.9. The summed E-state index contributed by atoms with van der Waals surface area (Å²) in [6.45, 7) is 4.06. The number of pyridine rings is 3. The van der Waals surface area contributed by atoms with Crippen LogP contribution in [0, 0.1) is 26.0 Å². The summed E-state index contributed by atoms with van der Waals surface area (Å²) in [6.07, 6.45) is 9.00. The van der Waals surface area contributed by atoms with Crippen LogP contribution >= 0.6 is 0 Å². The van der Waals surface area contributed by atoms with E-state index in [1.807, 2.05) is 61.7 Å². The predicted molar refractivity (Wildman–Crippen MR) is 170 cm³/mol. The second-order valence-corrected chi connectivity index (χ2v) is 11.1. The molecule has 1 radical (unpaired) electrons. The fourth-order valence-electron chi connectivity index (χ4n) is 6.08. The van der Waals surface area contributed by atoms with E-state index < -0.39 is 0 Å². The van der Waals surface area contributed by atoms with Gasteiger partial charge in [0.05, 0.1) is 5.58 Å². The van der Waals surface area contributed by atoms with Gasteiger partial charge < -0.3 is 14.4 Å². The first-order chi connectivity index (χ1) is 20.6. The van der Waals surface area contributed by atoms with E-state index in [-0.39, 0.29) is 20.1 Å². The second-order valence-electron chi connectivity index (χ2n) is 11.1. The van der Waals surface area contributed by atoms with Crippen molar-refractivity contribution in [3.63, 3.8) is 0 Å². The van der Waals surface area contributed by atoms with Crippen LogP contribution in [0.25, 0.3) is 55.4 Å². The molecule has 1 aliphatic rings. The van der Waals surface area contributed by atoms with Crippen molar-refractivity contribution in [2.45, 2.75) is 45.4 Å². The predicted octanol–water partition coefficient (Wildman–Crippen LogP) is 9.82. The van der Waals surface area contributed by atoms with Crippen LogP contribution in [0.4, 0.5) is 0 Å². The van der Waals surface area contributed by atoms with Crippen LogP contribution in [-0.4, -0.2) is 15.0 Å². The Balaban J connectivity index is 0.000000213. The van der Waals surface area contributed by atoms with Gasteiger partial charge in [-0.1, -0.05) is 61.0 Å². The summed E-state index contributed by atoms with van der Waals surface area (Å²) in [5.74, 6) is 0.702. The zero-order chi connectivity index (χ0) is 28.5. The second kappa shape index (κ2) is 12.6. The number of aryl methyl sites for hydroxylation is 2. The maximum Gasteiger partial charge on any atom is 0.216 e. The molecule has 4 nitrogen and oxygen atoms in total. The first-order valence-corrected chi connectivity index (χ1v) is 14.6. The van der Waals surface area contributed by atoms with Crippen LogP contribution in [0.1, 0.15) is 48.4 Å². The van der Waals surface area contributed by atoms with Gasteiger partial charge in [-0.3, -0.25) is 0 Å². The average Bonchev–Trinajstić information content (AvgIpc) is 3.70. The number of furan rings is 1. The van der Waals surface area contributed by atoms with Crippen molar-refractivity contribution in [2.75, 3.05) is 0 Å². The number of rotatable bonds is 3. The quantitative estimate of drug-likeness (QED) is 0.170. The van der Waals surface area contributed by atoms with E-state index in [0.29, 0.717) is 11.6 Å². The summed E-state index contributed by atoms with van der Waals surface area (Å²) in [5, 5.41) is 4.49. The minimum Gasteiger partial charge on any atom is -0.486 e. The van der Waals surface area contributed by atoms with Crippen molar-refractivity contribution in [1.29, 1.82) is 0 Å². The largest absolute Gasteiger partial charge is 0.486 e. The first-order valence-electron chi connectivity index (χ1n) is 14.6. The van der Waals surface area contributed by atoms with Gasteiger partial charge in [0.1, 0.15) is 0 Å². The molecule has 5 heteroatoms. The Kier molecular flexibility index (Phi) is 8.47. The Morgan fingerprint density at radius 2 is 1.63 bits per heavy atom. The van der Waals surface area contributed by atoms with E-state index in [0.717, 1.165) is 55.5 Å². The summed E-state index contributed by atoms with van der Waals surface area (Å²) >= 11 is 0. The molecule has 0 bridgehead atoms. The Labute approximate surface area is 265 Å². The third-order valence-corrected chi connectivity index (χ3v) is 8.14. The van der Waals surface area contributed by atoms with Crippen LogP contribution in [0.2, 0.25) is 0 Å². The molecule has 0 aliphatic heterocycles. The van der Waals surface area contributed by atoms with Crippen molar-refractivity contribution in [3.8, 4) is 22.5 Å². The molecule has 4 heterocycles. The molecule has 215 valence electrons. The van der Waals surface area contributed by atoms with Gasteiger partial charge in [-0.2, -0.15) is 0 Å². The third-order valence-electron chi connectivity index (χ3n) is 8.14. The Hall–Kier alpha value is -4.18. The van der Waals surface area contributed by atoms with Gasteiger partial charge in [0.15, 0.2) is 0 Å². The summed E-state index contributed by atoms with van der Waals surface area (Å²) in [6, 6.07) is 35.6. The van der Waals surface area contributed by atoms with E-state index in [1.54, 1.807) is 6.20 Å². The zero-order valence-corrected chi connectivity index (χ0v) is 26.6. The van der Waals surface area contributed by atoms with Crippen molar-refractivity contribution in [2.24, 2.45) is 0 Å². The zero-order valence-electron chi connectivity index (χ0n) is 24.2. The fourth-order valence-corrected chi connectivity index (χ4v) is 6.08. The number of benzene rings is 3. The Bertz CT molecular complexity index is 1980. The number of aromatic nitrogens is 3. The molecule has 3 aromatic carbocycles. The molecule has 1 aliphatic carbocycles. The average molecular weight is 738 g/mol. The van der Waals surface area contributed by atoms with E-state index in [9.17, 15) is 0 Å². The van der Waals surface area contributed by atoms with Crippen LogP contribution in [0.5, 0.6) is 0 Å². The number of fused-ring (bicyclic) bond motifs is 4. The van der Waals surface area contributed by atoms with E-state index in [4.69, 9.17) is 9.40 Å². The molecular formula is C38H31IrN3O-2. The van der Waals surface area contributed by atoms with Gasteiger partial charge >= 0.3 is 0 Å². The normalized spacial score (nSPS) is 13.2. The van der Waals surface area contributed by atoms with Crippen molar-refractivity contribution in [3.05, 3.63) is 126 Å². The summed E-state index contributed by atoms with van der Waals surface area (Å²) in [7, 11) is 0. The van der Waals surface area contributed by atoms with Crippen molar-refractivity contribution in [1.82, 2.24) is 15.0 Å².